The third-order valence-electron chi connectivity index (χ3n) is 3.66. The topological polar surface area (TPSA) is 75.4 Å². The van der Waals surface area contributed by atoms with Gasteiger partial charge in [-0.1, -0.05) is 20.8 Å². The average molecular weight is 277 g/mol. The van der Waals surface area contributed by atoms with E-state index in [0.29, 0.717) is 13.1 Å². The number of hydrogen-bond donors (Lipinski definition) is 1. The quantitative estimate of drug-likeness (QED) is 0.852. The monoisotopic (exact) mass is 277 g/mol. The molecule has 6 heteroatoms. The third kappa shape index (κ3) is 3.25. The zero-order valence-electron chi connectivity index (χ0n) is 12.4. The van der Waals surface area contributed by atoms with Crippen molar-refractivity contribution in [3.05, 3.63) is 18.6 Å². The van der Waals surface area contributed by atoms with Crippen LogP contribution in [0.3, 0.4) is 0 Å². The number of amides is 1. The lowest BCUT2D eigenvalue weighted by atomic mass is 9.86. The van der Waals surface area contributed by atoms with E-state index in [0.717, 1.165) is 18.9 Å². The Morgan fingerprint density at radius 3 is 2.40 bits per heavy atom. The zero-order valence-corrected chi connectivity index (χ0v) is 12.4. The molecule has 1 aromatic rings. The molecule has 2 heterocycles. The van der Waals surface area contributed by atoms with Gasteiger partial charge in [0.05, 0.1) is 12.2 Å². The minimum absolute atomic E-state index is 0.0382. The summed E-state index contributed by atoms with van der Waals surface area (Å²) in [5.74, 6) is 0.899. The number of carbonyl (C=O) groups is 1. The Hall–Kier alpha value is -1.69. The van der Waals surface area contributed by atoms with E-state index in [2.05, 4.69) is 14.9 Å². The van der Waals surface area contributed by atoms with E-state index in [9.17, 15) is 4.79 Å². The fraction of sp³-hybridized carbons (Fsp3) is 0.643. The fourth-order valence-electron chi connectivity index (χ4n) is 2.18. The van der Waals surface area contributed by atoms with Crippen LogP contribution in [0.15, 0.2) is 18.6 Å². The van der Waals surface area contributed by atoms with Crippen LogP contribution in [0.25, 0.3) is 0 Å². The number of hydrogen-bond acceptors (Lipinski definition) is 5. The van der Waals surface area contributed by atoms with Gasteiger partial charge in [-0.05, 0) is 5.41 Å². The van der Waals surface area contributed by atoms with Gasteiger partial charge < -0.3 is 15.5 Å². The van der Waals surface area contributed by atoms with Gasteiger partial charge in [0.2, 0.25) is 5.91 Å². The molecule has 6 nitrogen and oxygen atoms in total. The Balaban J connectivity index is 1.93. The van der Waals surface area contributed by atoms with Crippen molar-refractivity contribution in [3.63, 3.8) is 0 Å². The molecule has 1 atom stereocenters. The van der Waals surface area contributed by atoms with Crippen LogP contribution in [-0.2, 0) is 4.79 Å². The summed E-state index contributed by atoms with van der Waals surface area (Å²) >= 11 is 0. The van der Waals surface area contributed by atoms with Crippen molar-refractivity contribution >= 4 is 11.7 Å². The molecule has 2 N–H and O–H groups in total. The molecule has 0 aliphatic carbocycles. The van der Waals surface area contributed by atoms with E-state index < -0.39 is 6.04 Å². The molecule has 1 aromatic heterocycles. The second-order valence-corrected chi connectivity index (χ2v) is 6.22. The molecule has 1 aliphatic heterocycles. The van der Waals surface area contributed by atoms with Crippen LogP contribution in [0.1, 0.15) is 20.8 Å². The number of nitrogens with two attached hydrogens (primary N) is 1. The number of anilines is 1. The Bertz CT molecular complexity index is 448. The molecule has 2 rings (SSSR count). The molecule has 0 radical (unpaired) electrons. The number of piperazine rings is 1. The lowest BCUT2D eigenvalue weighted by Gasteiger charge is -2.38. The molecule has 110 valence electrons. The average Bonchev–Trinajstić information content (AvgIpc) is 2.46. The molecular formula is C14H23N5O. The van der Waals surface area contributed by atoms with Crippen molar-refractivity contribution in [1.29, 1.82) is 0 Å². The van der Waals surface area contributed by atoms with Crippen molar-refractivity contribution in [2.45, 2.75) is 26.8 Å². The highest BCUT2D eigenvalue weighted by Gasteiger charge is 2.32. The molecule has 1 fully saturated rings. The second-order valence-electron chi connectivity index (χ2n) is 6.22. The lowest BCUT2D eigenvalue weighted by Crippen LogP contribution is -2.56. The molecule has 1 saturated heterocycles. The molecule has 0 spiro atoms. The van der Waals surface area contributed by atoms with E-state index >= 15 is 0 Å². The Morgan fingerprint density at radius 1 is 1.25 bits per heavy atom. The fourth-order valence-corrected chi connectivity index (χ4v) is 2.18. The van der Waals surface area contributed by atoms with Gasteiger partial charge in [-0.2, -0.15) is 0 Å². The van der Waals surface area contributed by atoms with E-state index in [-0.39, 0.29) is 11.3 Å². The van der Waals surface area contributed by atoms with E-state index in [1.807, 2.05) is 25.7 Å². The normalized spacial score (nSPS) is 18.0. The van der Waals surface area contributed by atoms with E-state index in [4.69, 9.17) is 5.73 Å². The van der Waals surface area contributed by atoms with Crippen LogP contribution >= 0.6 is 0 Å². The van der Waals surface area contributed by atoms with Crippen molar-refractivity contribution in [2.24, 2.45) is 11.1 Å². The van der Waals surface area contributed by atoms with Crippen LogP contribution in [-0.4, -0.2) is 53.0 Å². The van der Waals surface area contributed by atoms with Gasteiger partial charge in [0.25, 0.3) is 0 Å². The van der Waals surface area contributed by atoms with Gasteiger partial charge >= 0.3 is 0 Å². The Labute approximate surface area is 120 Å². The standard InChI is InChI=1S/C14H23N5O/c1-14(2,3)12(15)13(20)19-8-6-18(7-9-19)11-10-16-4-5-17-11/h4-5,10,12H,6-9,15H2,1-3H3/t12-/m1/s1. The molecular weight excluding hydrogens is 254 g/mol. The van der Waals surface area contributed by atoms with Crippen molar-refractivity contribution in [3.8, 4) is 0 Å². The van der Waals surface area contributed by atoms with Gasteiger partial charge in [-0.25, -0.2) is 4.98 Å². The Kier molecular flexibility index (Phi) is 4.23. The molecule has 20 heavy (non-hydrogen) atoms. The highest BCUT2D eigenvalue weighted by Crippen LogP contribution is 2.20. The number of carbonyl (C=O) groups excluding carboxylic acids is 1. The predicted octanol–water partition coefficient (Wildman–Crippen LogP) is 0.499. The van der Waals surface area contributed by atoms with E-state index in [1.54, 1.807) is 18.6 Å². The van der Waals surface area contributed by atoms with Crippen molar-refractivity contribution in [1.82, 2.24) is 14.9 Å². The Morgan fingerprint density at radius 2 is 1.90 bits per heavy atom. The summed E-state index contributed by atoms with van der Waals surface area (Å²) in [6, 6.07) is -0.453. The maximum absolute atomic E-state index is 12.3. The highest BCUT2D eigenvalue weighted by molar-refractivity contribution is 5.82. The van der Waals surface area contributed by atoms with Gasteiger partial charge in [-0.3, -0.25) is 9.78 Å². The molecule has 1 aliphatic rings. The second kappa shape index (κ2) is 5.75. The summed E-state index contributed by atoms with van der Waals surface area (Å²) in [5.41, 5.74) is 5.83. The zero-order chi connectivity index (χ0) is 14.8. The summed E-state index contributed by atoms with van der Waals surface area (Å²) < 4.78 is 0. The van der Waals surface area contributed by atoms with Gasteiger partial charge in [0.1, 0.15) is 5.82 Å². The van der Waals surface area contributed by atoms with Crippen molar-refractivity contribution in [2.75, 3.05) is 31.1 Å². The van der Waals surface area contributed by atoms with Crippen molar-refractivity contribution < 1.29 is 4.79 Å². The third-order valence-corrected chi connectivity index (χ3v) is 3.66. The smallest absolute Gasteiger partial charge is 0.240 e. The molecule has 0 aromatic carbocycles. The van der Waals surface area contributed by atoms with E-state index in [1.165, 1.54) is 0 Å². The summed E-state index contributed by atoms with van der Waals surface area (Å²) in [7, 11) is 0. The first-order chi connectivity index (χ1) is 9.39. The lowest BCUT2D eigenvalue weighted by molar-refractivity contribution is -0.135. The SMILES string of the molecule is CC(C)(C)[C@H](N)C(=O)N1CCN(c2cnccn2)CC1. The van der Waals surface area contributed by atoms with Crippen LogP contribution in [0.5, 0.6) is 0 Å². The summed E-state index contributed by atoms with van der Waals surface area (Å²) in [5, 5.41) is 0. The molecule has 0 saturated carbocycles. The minimum atomic E-state index is -0.453. The number of aromatic nitrogens is 2. The van der Waals surface area contributed by atoms with Crippen LogP contribution in [0.2, 0.25) is 0 Å². The molecule has 1 amide bonds. The first-order valence-corrected chi connectivity index (χ1v) is 6.95. The maximum atomic E-state index is 12.3. The maximum Gasteiger partial charge on any atom is 0.240 e. The van der Waals surface area contributed by atoms with Crippen LogP contribution < -0.4 is 10.6 Å². The van der Waals surface area contributed by atoms with Crippen LogP contribution in [0.4, 0.5) is 5.82 Å². The summed E-state index contributed by atoms with van der Waals surface area (Å²) in [6.45, 7) is 8.86. The van der Waals surface area contributed by atoms with Gasteiger partial charge in [0, 0.05) is 38.6 Å². The largest absolute Gasteiger partial charge is 0.352 e. The van der Waals surface area contributed by atoms with Gasteiger partial charge in [-0.15, -0.1) is 0 Å². The number of nitrogens with zero attached hydrogens (tertiary/aromatic N) is 4. The minimum Gasteiger partial charge on any atom is -0.352 e. The highest BCUT2D eigenvalue weighted by atomic mass is 16.2. The number of rotatable bonds is 2. The summed E-state index contributed by atoms with van der Waals surface area (Å²) in [6.07, 6.45) is 5.09. The predicted molar refractivity (Wildman–Crippen MR) is 78.3 cm³/mol. The first-order valence-electron chi connectivity index (χ1n) is 6.95. The van der Waals surface area contributed by atoms with Gasteiger partial charge in [0.15, 0.2) is 0 Å². The molecule has 0 bridgehead atoms. The van der Waals surface area contributed by atoms with Crippen LogP contribution in [0, 0.1) is 5.41 Å². The summed E-state index contributed by atoms with van der Waals surface area (Å²) in [4.78, 5) is 24.7. The molecule has 0 unspecified atom stereocenters. The first kappa shape index (κ1) is 14.7.